The highest BCUT2D eigenvalue weighted by Gasteiger charge is 2.23. The zero-order chi connectivity index (χ0) is 7.14. The summed E-state index contributed by atoms with van der Waals surface area (Å²) in [4.78, 5) is 9.72. The van der Waals surface area contributed by atoms with E-state index in [1.807, 2.05) is 0 Å². The average Bonchev–Trinajstić information content (AvgIpc) is 1.86. The van der Waals surface area contributed by atoms with Gasteiger partial charge in [-0.05, 0) is 6.07 Å². The Labute approximate surface area is 56.2 Å². The average molecular weight is 137 g/mol. The lowest BCUT2D eigenvalue weighted by Gasteiger charge is -2.14. The van der Waals surface area contributed by atoms with Gasteiger partial charge in [-0.3, -0.25) is 10.1 Å². The van der Waals surface area contributed by atoms with E-state index < -0.39 is 4.92 Å². The lowest BCUT2D eigenvalue weighted by molar-refractivity contribution is -0.386. The lowest BCUT2D eigenvalue weighted by atomic mass is 10.2. The summed E-state index contributed by atoms with van der Waals surface area (Å²) in [5.74, 6) is 1.06. The summed E-state index contributed by atoms with van der Waals surface area (Å²) in [6.45, 7) is 0. The summed E-state index contributed by atoms with van der Waals surface area (Å²) < 4.78 is 4.86. The molecule has 1 aromatic rings. The molecule has 2 aliphatic rings. The molecule has 0 spiro atoms. The van der Waals surface area contributed by atoms with Gasteiger partial charge in [-0.15, -0.1) is 0 Å². The largest absolute Gasteiger partial charge is 0.450 e. The minimum atomic E-state index is -0.460. The van der Waals surface area contributed by atoms with Gasteiger partial charge < -0.3 is 4.74 Å². The molecular weight excluding hydrogens is 134 g/mol. The van der Waals surface area contributed by atoms with E-state index in [0.29, 0.717) is 11.5 Å². The molecule has 3 rings (SSSR count). The van der Waals surface area contributed by atoms with Crippen molar-refractivity contribution in [2.75, 3.05) is 0 Å². The van der Waals surface area contributed by atoms with Crippen LogP contribution in [-0.4, -0.2) is 4.92 Å². The predicted molar refractivity (Wildman–Crippen MR) is 33.2 cm³/mol. The molecular formula is C6H3NO3. The van der Waals surface area contributed by atoms with E-state index in [-0.39, 0.29) is 5.69 Å². The molecule has 10 heavy (non-hydrogen) atoms. The number of nitro benzene ring substituents is 1. The molecule has 2 heterocycles. The van der Waals surface area contributed by atoms with Gasteiger partial charge in [0.25, 0.3) is 0 Å². The molecule has 0 saturated heterocycles. The maximum Gasteiger partial charge on any atom is 0.311 e. The zero-order valence-electron chi connectivity index (χ0n) is 4.90. The second kappa shape index (κ2) is 1.47. The maximum absolute atomic E-state index is 10.2. The SMILES string of the molecule is O=[N+]([O-])c1ccc2cc1O2. The molecule has 0 saturated carbocycles. The van der Waals surface area contributed by atoms with E-state index in [0.717, 1.165) is 0 Å². The van der Waals surface area contributed by atoms with E-state index in [2.05, 4.69) is 0 Å². The highest BCUT2D eigenvalue weighted by atomic mass is 16.6. The third kappa shape index (κ3) is 0.500. The summed E-state index contributed by atoms with van der Waals surface area (Å²) in [6, 6.07) is 4.65. The molecule has 1 aromatic carbocycles. The Balaban J connectivity index is 2.56. The molecule has 2 bridgehead atoms. The van der Waals surface area contributed by atoms with Crippen molar-refractivity contribution in [2.45, 2.75) is 0 Å². The Bertz CT molecular complexity index is 304. The van der Waals surface area contributed by atoms with E-state index >= 15 is 0 Å². The van der Waals surface area contributed by atoms with Crippen molar-refractivity contribution in [3.05, 3.63) is 28.3 Å². The monoisotopic (exact) mass is 137 g/mol. The van der Waals surface area contributed by atoms with E-state index in [1.54, 1.807) is 12.1 Å². The van der Waals surface area contributed by atoms with Crippen LogP contribution in [0.5, 0.6) is 11.5 Å². The third-order valence-electron chi connectivity index (χ3n) is 1.36. The van der Waals surface area contributed by atoms with Crippen LogP contribution in [0, 0.1) is 10.1 Å². The predicted octanol–water partition coefficient (Wildman–Crippen LogP) is 1.70. The van der Waals surface area contributed by atoms with Crippen LogP contribution in [0.3, 0.4) is 0 Å². The summed E-state index contributed by atoms with van der Waals surface area (Å²) in [6.07, 6.45) is 0. The first kappa shape index (κ1) is 5.22. The molecule has 2 aliphatic heterocycles. The number of hydrogen-bond acceptors (Lipinski definition) is 3. The van der Waals surface area contributed by atoms with Crippen molar-refractivity contribution in [2.24, 2.45) is 0 Å². The van der Waals surface area contributed by atoms with Crippen LogP contribution < -0.4 is 4.74 Å². The van der Waals surface area contributed by atoms with Crippen molar-refractivity contribution in [1.29, 1.82) is 0 Å². The molecule has 0 amide bonds. The number of rotatable bonds is 1. The number of ether oxygens (including phenoxy) is 1. The topological polar surface area (TPSA) is 52.4 Å². The fourth-order valence-corrected chi connectivity index (χ4v) is 0.859. The normalized spacial score (nSPS) is 11.6. The Morgan fingerprint density at radius 2 is 2.20 bits per heavy atom. The molecule has 0 unspecified atom stereocenters. The first-order valence-corrected chi connectivity index (χ1v) is 2.74. The molecule has 0 radical (unpaired) electrons. The van der Waals surface area contributed by atoms with Gasteiger partial charge in [-0.2, -0.15) is 0 Å². The van der Waals surface area contributed by atoms with Crippen molar-refractivity contribution >= 4 is 5.69 Å². The van der Waals surface area contributed by atoms with Gasteiger partial charge in [-0.1, -0.05) is 0 Å². The molecule has 4 heteroatoms. The molecule has 0 aliphatic carbocycles. The molecule has 0 N–H and O–H groups in total. The van der Waals surface area contributed by atoms with Crippen LogP contribution in [0.4, 0.5) is 5.69 Å². The van der Waals surface area contributed by atoms with Gasteiger partial charge in [0.2, 0.25) is 5.75 Å². The lowest BCUT2D eigenvalue weighted by Crippen LogP contribution is -1.99. The van der Waals surface area contributed by atoms with Crippen LogP contribution in [0.2, 0.25) is 0 Å². The van der Waals surface area contributed by atoms with Crippen molar-refractivity contribution in [3.8, 4) is 11.5 Å². The maximum atomic E-state index is 10.2. The highest BCUT2D eigenvalue weighted by Crippen LogP contribution is 2.42. The number of benzene rings is 1. The van der Waals surface area contributed by atoms with E-state index in [1.165, 1.54) is 6.07 Å². The zero-order valence-corrected chi connectivity index (χ0v) is 4.90. The molecule has 0 fully saturated rings. The van der Waals surface area contributed by atoms with Crippen LogP contribution in [0.15, 0.2) is 18.2 Å². The smallest absolute Gasteiger partial charge is 0.311 e. The van der Waals surface area contributed by atoms with Gasteiger partial charge in [0.15, 0.2) is 0 Å². The quantitative estimate of drug-likeness (QED) is 0.444. The fourth-order valence-electron chi connectivity index (χ4n) is 0.859. The number of nitrogens with zero attached hydrogens (tertiary/aromatic N) is 1. The minimum Gasteiger partial charge on any atom is -0.450 e. The Hall–Kier alpha value is -1.58. The van der Waals surface area contributed by atoms with Gasteiger partial charge >= 0.3 is 5.69 Å². The number of nitro groups is 1. The first-order valence-electron chi connectivity index (χ1n) is 2.74. The van der Waals surface area contributed by atoms with Crippen molar-refractivity contribution in [3.63, 3.8) is 0 Å². The summed E-state index contributed by atoms with van der Waals surface area (Å²) >= 11 is 0. The second-order valence-corrected chi connectivity index (χ2v) is 1.99. The summed E-state index contributed by atoms with van der Waals surface area (Å²) in [7, 11) is 0. The van der Waals surface area contributed by atoms with Gasteiger partial charge in [-0.25, -0.2) is 0 Å². The van der Waals surface area contributed by atoms with E-state index in [4.69, 9.17) is 4.74 Å². The van der Waals surface area contributed by atoms with Gasteiger partial charge in [0.1, 0.15) is 5.75 Å². The summed E-state index contributed by atoms with van der Waals surface area (Å²) in [5, 5.41) is 10.2. The van der Waals surface area contributed by atoms with Gasteiger partial charge in [0, 0.05) is 12.1 Å². The molecule has 0 aromatic heterocycles. The van der Waals surface area contributed by atoms with Crippen molar-refractivity contribution in [1.82, 2.24) is 0 Å². The summed E-state index contributed by atoms with van der Waals surface area (Å²) in [5.41, 5.74) is 0.0370. The standard InChI is InChI=1S/C6H3NO3/c8-7(9)5-2-1-4-3-6(5)10-4/h1-3H. The Kier molecular flexibility index (Phi) is 0.768. The number of hydrogen-bond donors (Lipinski definition) is 0. The molecule has 4 nitrogen and oxygen atoms in total. The van der Waals surface area contributed by atoms with E-state index in [9.17, 15) is 10.1 Å². The highest BCUT2D eigenvalue weighted by molar-refractivity contribution is 5.58. The second-order valence-electron chi connectivity index (χ2n) is 1.99. The number of fused-ring (bicyclic) bond motifs is 2. The van der Waals surface area contributed by atoms with Gasteiger partial charge in [0.05, 0.1) is 4.92 Å². The van der Waals surface area contributed by atoms with Crippen LogP contribution >= 0.6 is 0 Å². The minimum absolute atomic E-state index is 0.0370. The first-order chi connectivity index (χ1) is 4.77. The fraction of sp³-hybridized carbons (Fsp3) is 0. The Morgan fingerprint density at radius 1 is 1.50 bits per heavy atom. The van der Waals surface area contributed by atoms with Crippen LogP contribution in [0.1, 0.15) is 0 Å². The van der Waals surface area contributed by atoms with Crippen LogP contribution in [0.25, 0.3) is 0 Å². The Morgan fingerprint density at radius 3 is 2.50 bits per heavy atom. The third-order valence-corrected chi connectivity index (χ3v) is 1.36. The van der Waals surface area contributed by atoms with Crippen LogP contribution in [-0.2, 0) is 0 Å². The molecule has 0 atom stereocenters. The molecule has 50 valence electrons. The van der Waals surface area contributed by atoms with Crippen molar-refractivity contribution < 1.29 is 9.66 Å².